The minimum absolute atomic E-state index is 0. The second-order valence-corrected chi connectivity index (χ2v) is 6.47. The molecule has 1 amide bonds. The van der Waals surface area contributed by atoms with Crippen molar-refractivity contribution >= 4 is 18.3 Å². The lowest BCUT2D eigenvalue weighted by atomic mass is 9.93. The van der Waals surface area contributed by atoms with E-state index in [0.29, 0.717) is 11.7 Å². The van der Waals surface area contributed by atoms with Gasteiger partial charge in [-0.15, -0.1) is 12.4 Å². The average molecular weight is 355 g/mol. The van der Waals surface area contributed by atoms with Gasteiger partial charge in [0.15, 0.2) is 11.5 Å². The van der Waals surface area contributed by atoms with Gasteiger partial charge in [0.1, 0.15) is 6.10 Å². The van der Waals surface area contributed by atoms with Gasteiger partial charge in [-0.1, -0.05) is 12.1 Å². The van der Waals surface area contributed by atoms with Gasteiger partial charge in [0.05, 0.1) is 0 Å². The van der Waals surface area contributed by atoms with Gasteiger partial charge in [-0.2, -0.15) is 0 Å². The van der Waals surface area contributed by atoms with E-state index in [4.69, 9.17) is 9.47 Å². The van der Waals surface area contributed by atoms with Crippen molar-refractivity contribution in [3.63, 3.8) is 0 Å². The molecule has 2 heterocycles. The zero-order valence-electron chi connectivity index (χ0n) is 14.4. The van der Waals surface area contributed by atoms with Crippen LogP contribution in [0.15, 0.2) is 24.3 Å². The van der Waals surface area contributed by atoms with Crippen LogP contribution in [0.3, 0.4) is 0 Å². The molecule has 6 heteroatoms. The quantitative estimate of drug-likeness (QED) is 0.902. The summed E-state index contributed by atoms with van der Waals surface area (Å²) in [6, 6.07) is 7.53. The molecule has 1 saturated heterocycles. The third kappa shape index (κ3) is 4.14. The van der Waals surface area contributed by atoms with Crippen molar-refractivity contribution < 1.29 is 14.3 Å². The maximum absolute atomic E-state index is 12.8. The highest BCUT2D eigenvalue weighted by atomic mass is 35.5. The van der Waals surface area contributed by atoms with Crippen molar-refractivity contribution in [2.24, 2.45) is 5.92 Å². The monoisotopic (exact) mass is 354 g/mol. The molecule has 24 heavy (non-hydrogen) atoms. The van der Waals surface area contributed by atoms with Crippen LogP contribution in [0.1, 0.15) is 26.2 Å². The molecule has 1 aromatic carbocycles. The molecule has 1 fully saturated rings. The van der Waals surface area contributed by atoms with Gasteiger partial charge in [-0.25, -0.2) is 0 Å². The molecule has 0 spiro atoms. The number of hydrogen-bond donors (Lipinski definition) is 1. The highest BCUT2D eigenvalue weighted by Gasteiger charge is 2.37. The predicted octanol–water partition coefficient (Wildman–Crippen LogP) is 2.48. The van der Waals surface area contributed by atoms with Gasteiger partial charge in [0.2, 0.25) is 6.10 Å². The number of ether oxygens (including phenoxy) is 2. The third-order valence-corrected chi connectivity index (χ3v) is 4.81. The van der Waals surface area contributed by atoms with Crippen LogP contribution >= 0.6 is 12.4 Å². The molecule has 1 N–H and O–H groups in total. The van der Waals surface area contributed by atoms with Crippen LogP contribution in [-0.2, 0) is 4.79 Å². The number of para-hydroxylation sites is 2. The fraction of sp³-hybridized carbons (Fsp3) is 0.611. The number of amides is 1. The Morgan fingerprint density at radius 2 is 1.83 bits per heavy atom. The molecule has 2 atom stereocenters. The van der Waals surface area contributed by atoms with Crippen molar-refractivity contribution in [3.8, 4) is 11.5 Å². The zero-order valence-corrected chi connectivity index (χ0v) is 15.2. The first-order valence-corrected chi connectivity index (χ1v) is 8.54. The highest BCUT2D eigenvalue weighted by Crippen LogP contribution is 2.34. The minimum Gasteiger partial charge on any atom is -0.482 e. The largest absolute Gasteiger partial charge is 0.482 e. The van der Waals surface area contributed by atoms with Crippen LogP contribution in [0.25, 0.3) is 0 Å². The first-order valence-electron chi connectivity index (χ1n) is 8.54. The number of halogens is 1. The standard InChI is InChI=1S/C18H26N2O3.ClH/c1-13-17(23-16-6-4-3-5-15(16)22-13)18(21)20-11-8-14(9-12-20)7-10-19-2;/h3-6,13-14,17,19H,7-12H2,1-2H3;1H. The van der Waals surface area contributed by atoms with Gasteiger partial charge in [0, 0.05) is 13.1 Å². The number of nitrogens with zero attached hydrogens (tertiary/aromatic N) is 1. The smallest absolute Gasteiger partial charge is 0.267 e. The molecule has 2 aliphatic heterocycles. The van der Waals surface area contributed by atoms with Crippen molar-refractivity contribution in [2.45, 2.75) is 38.4 Å². The molecule has 134 valence electrons. The summed E-state index contributed by atoms with van der Waals surface area (Å²) in [5.41, 5.74) is 0. The lowest BCUT2D eigenvalue weighted by Crippen LogP contribution is -2.52. The molecular weight excluding hydrogens is 328 g/mol. The van der Waals surface area contributed by atoms with E-state index in [1.54, 1.807) is 0 Å². The Hall–Kier alpha value is -1.46. The summed E-state index contributed by atoms with van der Waals surface area (Å²) in [4.78, 5) is 14.7. The Morgan fingerprint density at radius 3 is 2.46 bits per heavy atom. The lowest BCUT2D eigenvalue weighted by Gasteiger charge is -2.37. The number of benzene rings is 1. The molecule has 2 aliphatic rings. The molecule has 5 nitrogen and oxygen atoms in total. The van der Waals surface area contributed by atoms with Crippen LogP contribution < -0.4 is 14.8 Å². The Balaban J connectivity index is 0.00000208. The van der Waals surface area contributed by atoms with E-state index < -0.39 is 6.10 Å². The molecular formula is C18H27ClN2O3. The summed E-state index contributed by atoms with van der Waals surface area (Å²) in [6.07, 6.45) is 2.53. The van der Waals surface area contributed by atoms with Crippen molar-refractivity contribution in [1.82, 2.24) is 10.2 Å². The van der Waals surface area contributed by atoms with Crippen molar-refractivity contribution in [1.29, 1.82) is 0 Å². The van der Waals surface area contributed by atoms with Crippen LogP contribution in [0.4, 0.5) is 0 Å². The number of rotatable bonds is 4. The number of likely N-dealkylation sites (tertiary alicyclic amines) is 1. The van der Waals surface area contributed by atoms with Gasteiger partial charge in [0.25, 0.3) is 5.91 Å². The van der Waals surface area contributed by atoms with Gasteiger partial charge in [-0.05, 0) is 57.8 Å². The van der Waals surface area contributed by atoms with E-state index in [-0.39, 0.29) is 24.4 Å². The summed E-state index contributed by atoms with van der Waals surface area (Å²) >= 11 is 0. The predicted molar refractivity (Wildman–Crippen MR) is 96.0 cm³/mol. The van der Waals surface area contributed by atoms with E-state index >= 15 is 0 Å². The summed E-state index contributed by atoms with van der Waals surface area (Å²) in [6.45, 7) is 4.59. The van der Waals surface area contributed by atoms with E-state index in [1.807, 2.05) is 43.1 Å². The molecule has 0 radical (unpaired) electrons. The molecule has 0 bridgehead atoms. The minimum atomic E-state index is -0.543. The number of hydrogen-bond acceptors (Lipinski definition) is 4. The number of piperidine rings is 1. The molecule has 0 saturated carbocycles. The summed E-state index contributed by atoms with van der Waals surface area (Å²) < 4.78 is 11.8. The van der Waals surface area contributed by atoms with Crippen LogP contribution in [0, 0.1) is 5.92 Å². The van der Waals surface area contributed by atoms with Crippen molar-refractivity contribution in [3.05, 3.63) is 24.3 Å². The second-order valence-electron chi connectivity index (χ2n) is 6.47. The molecule has 2 unspecified atom stereocenters. The Labute approximate surface area is 150 Å². The number of nitrogens with one attached hydrogen (secondary N) is 1. The summed E-state index contributed by atoms with van der Waals surface area (Å²) in [5, 5.41) is 3.20. The number of fused-ring (bicyclic) bond motifs is 1. The lowest BCUT2D eigenvalue weighted by molar-refractivity contribution is -0.145. The van der Waals surface area contributed by atoms with E-state index in [2.05, 4.69) is 5.32 Å². The van der Waals surface area contributed by atoms with Gasteiger partial charge >= 0.3 is 0 Å². The van der Waals surface area contributed by atoms with Crippen LogP contribution in [0.5, 0.6) is 11.5 Å². The maximum atomic E-state index is 12.8. The maximum Gasteiger partial charge on any atom is 0.267 e. The Bertz CT molecular complexity index is 547. The molecule has 1 aromatic rings. The first-order chi connectivity index (χ1) is 11.2. The first kappa shape index (κ1) is 18.9. The second kappa shape index (κ2) is 8.58. The number of carbonyl (C=O) groups excluding carboxylic acids is 1. The summed E-state index contributed by atoms with van der Waals surface area (Å²) in [7, 11) is 1.98. The van der Waals surface area contributed by atoms with Crippen molar-refractivity contribution in [2.75, 3.05) is 26.7 Å². The SMILES string of the molecule is CNCCC1CCN(C(=O)C2Oc3ccccc3OC2C)CC1.Cl. The number of carbonyl (C=O) groups is 1. The van der Waals surface area contributed by atoms with Crippen LogP contribution in [-0.4, -0.2) is 49.7 Å². The fourth-order valence-corrected chi connectivity index (χ4v) is 3.36. The normalized spacial score (nSPS) is 23.5. The van der Waals surface area contributed by atoms with Crippen LogP contribution in [0.2, 0.25) is 0 Å². The highest BCUT2D eigenvalue weighted by molar-refractivity contribution is 5.85. The zero-order chi connectivity index (χ0) is 16.2. The topological polar surface area (TPSA) is 50.8 Å². The van der Waals surface area contributed by atoms with Gasteiger partial charge in [-0.3, -0.25) is 4.79 Å². The Kier molecular flexibility index (Phi) is 6.75. The van der Waals surface area contributed by atoms with E-state index in [9.17, 15) is 4.79 Å². The molecule has 3 rings (SSSR count). The molecule has 0 aliphatic carbocycles. The Morgan fingerprint density at radius 1 is 1.21 bits per heavy atom. The van der Waals surface area contributed by atoms with Gasteiger partial charge < -0.3 is 19.7 Å². The van der Waals surface area contributed by atoms with E-state index in [1.165, 1.54) is 6.42 Å². The average Bonchev–Trinajstić information content (AvgIpc) is 2.59. The third-order valence-electron chi connectivity index (χ3n) is 4.81. The van der Waals surface area contributed by atoms with E-state index in [0.717, 1.165) is 38.2 Å². The molecule has 0 aromatic heterocycles. The fourth-order valence-electron chi connectivity index (χ4n) is 3.36. The summed E-state index contributed by atoms with van der Waals surface area (Å²) in [5.74, 6) is 2.15.